The molecule has 0 fully saturated rings. The Kier molecular flexibility index (Phi) is 2.11. The van der Waals surface area contributed by atoms with Crippen LogP contribution < -0.4 is 5.69 Å². The number of carboxylic acids is 1. The lowest BCUT2D eigenvalue weighted by atomic mass is 10.1. The van der Waals surface area contributed by atoms with Crippen LogP contribution in [-0.2, 0) is 10.3 Å². The minimum Gasteiger partial charge on any atom is -0.480 e. The molecule has 0 atom stereocenters. The second-order valence-corrected chi connectivity index (χ2v) is 4.15. The van der Waals surface area contributed by atoms with Gasteiger partial charge in [-0.1, -0.05) is 12.1 Å². The highest BCUT2D eigenvalue weighted by Gasteiger charge is 2.32. The number of benzene rings is 1. The Hall–Kier alpha value is -2.04. The molecular formula is C11H12N2O3. The topological polar surface area (TPSA) is 75.1 Å². The number of imidazole rings is 1. The Labute approximate surface area is 91.3 Å². The van der Waals surface area contributed by atoms with Gasteiger partial charge in [0.2, 0.25) is 0 Å². The van der Waals surface area contributed by atoms with Crippen LogP contribution in [0.5, 0.6) is 0 Å². The number of nitrogens with one attached hydrogen (secondary N) is 1. The summed E-state index contributed by atoms with van der Waals surface area (Å²) in [6.07, 6.45) is 0. The van der Waals surface area contributed by atoms with Crippen LogP contribution in [0.1, 0.15) is 13.8 Å². The number of aliphatic carboxylic acids is 1. The number of H-pyrrole nitrogens is 1. The van der Waals surface area contributed by atoms with Crippen LogP contribution >= 0.6 is 0 Å². The fourth-order valence-corrected chi connectivity index (χ4v) is 1.71. The molecule has 1 heterocycles. The Morgan fingerprint density at radius 3 is 2.62 bits per heavy atom. The van der Waals surface area contributed by atoms with E-state index in [1.807, 2.05) is 0 Å². The first-order valence-electron chi connectivity index (χ1n) is 4.88. The molecule has 0 amide bonds. The van der Waals surface area contributed by atoms with Crippen molar-refractivity contribution in [3.8, 4) is 0 Å². The first-order chi connectivity index (χ1) is 7.44. The van der Waals surface area contributed by atoms with E-state index in [1.54, 1.807) is 24.3 Å². The Bertz CT molecular complexity index is 607. The van der Waals surface area contributed by atoms with Gasteiger partial charge in [0, 0.05) is 0 Å². The molecule has 0 aliphatic heterocycles. The van der Waals surface area contributed by atoms with Gasteiger partial charge >= 0.3 is 11.7 Å². The van der Waals surface area contributed by atoms with Gasteiger partial charge in [-0.25, -0.2) is 9.59 Å². The smallest absolute Gasteiger partial charge is 0.329 e. The van der Waals surface area contributed by atoms with Crippen LogP contribution in [0.25, 0.3) is 11.0 Å². The highest BCUT2D eigenvalue weighted by Crippen LogP contribution is 2.19. The third-order valence-electron chi connectivity index (χ3n) is 2.67. The monoisotopic (exact) mass is 220 g/mol. The van der Waals surface area contributed by atoms with Crippen LogP contribution in [-0.4, -0.2) is 20.6 Å². The number of aromatic amines is 1. The summed E-state index contributed by atoms with van der Waals surface area (Å²) in [5.41, 5.74) is -0.438. The molecule has 5 heteroatoms. The van der Waals surface area contributed by atoms with Crippen molar-refractivity contribution in [1.29, 1.82) is 0 Å². The summed E-state index contributed by atoms with van der Waals surface area (Å²) in [7, 11) is 0. The van der Waals surface area contributed by atoms with Crippen molar-refractivity contribution < 1.29 is 9.90 Å². The van der Waals surface area contributed by atoms with Gasteiger partial charge in [-0.05, 0) is 26.0 Å². The highest BCUT2D eigenvalue weighted by atomic mass is 16.4. The number of hydrogen-bond acceptors (Lipinski definition) is 2. The van der Waals surface area contributed by atoms with Gasteiger partial charge in [-0.2, -0.15) is 0 Å². The molecular weight excluding hydrogens is 208 g/mol. The van der Waals surface area contributed by atoms with E-state index >= 15 is 0 Å². The average molecular weight is 220 g/mol. The van der Waals surface area contributed by atoms with Crippen molar-refractivity contribution in [2.75, 3.05) is 0 Å². The van der Waals surface area contributed by atoms with Gasteiger partial charge < -0.3 is 10.1 Å². The van der Waals surface area contributed by atoms with Crippen LogP contribution in [0.3, 0.4) is 0 Å². The molecule has 0 bridgehead atoms. The molecule has 0 aliphatic carbocycles. The van der Waals surface area contributed by atoms with Crippen molar-refractivity contribution in [3.05, 3.63) is 34.7 Å². The van der Waals surface area contributed by atoms with Crippen molar-refractivity contribution in [2.24, 2.45) is 0 Å². The zero-order chi connectivity index (χ0) is 11.9. The third kappa shape index (κ3) is 1.32. The number of carbonyl (C=O) groups is 1. The van der Waals surface area contributed by atoms with E-state index in [2.05, 4.69) is 4.98 Å². The largest absolute Gasteiger partial charge is 0.480 e. The SMILES string of the molecule is CC(C)(C(=O)O)n1c(=O)[nH]c2ccccc21. The third-order valence-corrected chi connectivity index (χ3v) is 2.67. The summed E-state index contributed by atoms with van der Waals surface area (Å²) in [6, 6.07) is 7.02. The standard InChI is InChI=1S/C11H12N2O3/c1-11(2,9(14)15)13-8-6-4-3-5-7(8)12-10(13)16/h3-6H,1-2H3,(H,12,16)(H,14,15). The lowest BCUT2D eigenvalue weighted by Gasteiger charge is -2.20. The molecule has 0 saturated carbocycles. The van der Waals surface area contributed by atoms with Crippen molar-refractivity contribution in [3.63, 3.8) is 0 Å². The van der Waals surface area contributed by atoms with E-state index in [9.17, 15) is 9.59 Å². The number of rotatable bonds is 2. The maximum absolute atomic E-state index is 11.7. The van der Waals surface area contributed by atoms with Crippen LogP contribution in [0.15, 0.2) is 29.1 Å². The highest BCUT2D eigenvalue weighted by molar-refractivity contribution is 5.81. The summed E-state index contributed by atoms with van der Waals surface area (Å²) >= 11 is 0. The predicted molar refractivity (Wildman–Crippen MR) is 59.5 cm³/mol. The number of aromatic nitrogens is 2. The fourth-order valence-electron chi connectivity index (χ4n) is 1.71. The predicted octanol–water partition coefficient (Wildman–Crippen LogP) is 1.15. The van der Waals surface area contributed by atoms with E-state index in [1.165, 1.54) is 18.4 Å². The molecule has 84 valence electrons. The van der Waals surface area contributed by atoms with Crippen molar-refractivity contribution in [1.82, 2.24) is 9.55 Å². The van der Waals surface area contributed by atoms with Crippen LogP contribution in [0.2, 0.25) is 0 Å². The Morgan fingerprint density at radius 2 is 2.00 bits per heavy atom. The van der Waals surface area contributed by atoms with Gasteiger partial charge in [-0.3, -0.25) is 4.57 Å². The van der Waals surface area contributed by atoms with E-state index in [0.717, 1.165) is 0 Å². The maximum Gasteiger partial charge on any atom is 0.329 e. The molecule has 16 heavy (non-hydrogen) atoms. The molecule has 2 rings (SSSR count). The zero-order valence-electron chi connectivity index (χ0n) is 9.02. The number of nitrogens with zero attached hydrogens (tertiary/aromatic N) is 1. The maximum atomic E-state index is 11.7. The molecule has 1 aromatic heterocycles. The first kappa shape index (κ1) is 10.5. The second kappa shape index (κ2) is 3.23. The zero-order valence-corrected chi connectivity index (χ0v) is 9.02. The summed E-state index contributed by atoms with van der Waals surface area (Å²) in [4.78, 5) is 25.5. The number of hydrogen-bond donors (Lipinski definition) is 2. The van der Waals surface area contributed by atoms with Gasteiger partial charge in [0.1, 0.15) is 5.54 Å². The Morgan fingerprint density at radius 1 is 1.38 bits per heavy atom. The summed E-state index contributed by atoms with van der Waals surface area (Å²) in [6.45, 7) is 2.99. The quantitative estimate of drug-likeness (QED) is 0.797. The van der Waals surface area contributed by atoms with Gasteiger partial charge in [0.15, 0.2) is 0 Å². The lowest BCUT2D eigenvalue weighted by Crippen LogP contribution is -2.41. The molecule has 1 aromatic carbocycles. The summed E-state index contributed by atoms with van der Waals surface area (Å²) < 4.78 is 1.25. The molecule has 0 aliphatic rings. The lowest BCUT2D eigenvalue weighted by molar-refractivity contribution is -0.145. The number of para-hydroxylation sites is 2. The molecule has 0 spiro atoms. The van der Waals surface area contributed by atoms with Gasteiger partial charge in [0.05, 0.1) is 11.0 Å². The number of carboxylic acid groups (broad SMARTS) is 1. The first-order valence-corrected chi connectivity index (χ1v) is 4.88. The van der Waals surface area contributed by atoms with Crippen LogP contribution in [0, 0.1) is 0 Å². The minimum atomic E-state index is -1.27. The van der Waals surface area contributed by atoms with E-state index in [4.69, 9.17) is 5.11 Å². The summed E-state index contributed by atoms with van der Waals surface area (Å²) in [5.74, 6) is -1.04. The number of fused-ring (bicyclic) bond motifs is 1. The van der Waals surface area contributed by atoms with E-state index < -0.39 is 17.2 Å². The normalized spacial score (nSPS) is 11.9. The van der Waals surface area contributed by atoms with Crippen molar-refractivity contribution in [2.45, 2.75) is 19.4 Å². The second-order valence-electron chi connectivity index (χ2n) is 4.15. The van der Waals surface area contributed by atoms with Crippen LogP contribution in [0.4, 0.5) is 0 Å². The van der Waals surface area contributed by atoms with Gasteiger partial charge in [-0.15, -0.1) is 0 Å². The molecule has 5 nitrogen and oxygen atoms in total. The van der Waals surface area contributed by atoms with E-state index in [0.29, 0.717) is 11.0 Å². The molecule has 0 saturated heterocycles. The molecule has 2 aromatic rings. The van der Waals surface area contributed by atoms with Gasteiger partial charge in [0.25, 0.3) is 0 Å². The molecule has 0 unspecified atom stereocenters. The fraction of sp³-hybridized carbons (Fsp3) is 0.273. The minimum absolute atomic E-state index is 0.409. The van der Waals surface area contributed by atoms with E-state index in [-0.39, 0.29) is 0 Å². The molecule has 0 radical (unpaired) electrons. The molecule has 2 N–H and O–H groups in total. The average Bonchev–Trinajstić information content (AvgIpc) is 2.53. The Balaban J connectivity index is 2.83. The summed E-state index contributed by atoms with van der Waals surface area (Å²) in [5, 5.41) is 9.12. The van der Waals surface area contributed by atoms with Crippen molar-refractivity contribution >= 4 is 17.0 Å².